The predicted octanol–water partition coefficient (Wildman–Crippen LogP) is 1.50. The van der Waals surface area contributed by atoms with Crippen LogP contribution in [0.5, 0.6) is 0 Å². The third-order valence-corrected chi connectivity index (χ3v) is 0.973. The lowest BCUT2D eigenvalue weighted by molar-refractivity contribution is 0.555. The minimum absolute atomic E-state index is 0.946. The fourth-order valence-electron chi connectivity index (χ4n) is 0.542. The van der Waals surface area contributed by atoms with Gasteiger partial charge in [0.1, 0.15) is 0 Å². The number of nitrogens with zero attached hydrogens (tertiary/aromatic N) is 2. The Morgan fingerprint density at radius 1 is 1.67 bits per heavy atom. The minimum Gasteiger partial charge on any atom is -0.382 e. The van der Waals surface area contributed by atoms with E-state index >= 15 is 0 Å². The zero-order valence-corrected chi connectivity index (χ0v) is 6.39. The Labute approximate surface area is 56.9 Å². The second kappa shape index (κ2) is 4.13. The SMILES string of the molecule is C=N/C(=C\N(C)C)CC. The molecule has 0 fully saturated rings. The van der Waals surface area contributed by atoms with Gasteiger partial charge in [-0.15, -0.1) is 0 Å². The van der Waals surface area contributed by atoms with Crippen molar-refractivity contribution in [2.45, 2.75) is 13.3 Å². The molecule has 0 aliphatic heterocycles. The summed E-state index contributed by atoms with van der Waals surface area (Å²) >= 11 is 0. The molecule has 0 aromatic heterocycles. The molecule has 0 rings (SSSR count). The molecule has 52 valence electrons. The maximum atomic E-state index is 3.82. The molecule has 0 atom stereocenters. The van der Waals surface area contributed by atoms with E-state index in [0.717, 1.165) is 12.1 Å². The largest absolute Gasteiger partial charge is 0.382 e. The molecule has 0 radical (unpaired) electrons. The van der Waals surface area contributed by atoms with Gasteiger partial charge in [0.15, 0.2) is 0 Å². The van der Waals surface area contributed by atoms with Gasteiger partial charge in [0.25, 0.3) is 0 Å². The summed E-state index contributed by atoms with van der Waals surface area (Å²) in [4.78, 5) is 5.78. The zero-order valence-electron chi connectivity index (χ0n) is 6.39. The summed E-state index contributed by atoms with van der Waals surface area (Å²) in [6.07, 6.45) is 2.91. The van der Waals surface area contributed by atoms with Crippen LogP contribution in [0.2, 0.25) is 0 Å². The molecule has 0 unspecified atom stereocenters. The molecule has 0 bridgehead atoms. The molecule has 2 heteroatoms. The molecule has 2 nitrogen and oxygen atoms in total. The lowest BCUT2D eigenvalue weighted by Crippen LogP contribution is -2.01. The first-order valence-electron chi connectivity index (χ1n) is 3.04. The van der Waals surface area contributed by atoms with Gasteiger partial charge >= 0.3 is 0 Å². The van der Waals surface area contributed by atoms with Gasteiger partial charge in [-0.1, -0.05) is 6.92 Å². The highest BCUT2D eigenvalue weighted by molar-refractivity contribution is 5.28. The van der Waals surface area contributed by atoms with Gasteiger partial charge < -0.3 is 4.90 Å². The quantitative estimate of drug-likeness (QED) is 0.523. The van der Waals surface area contributed by atoms with Crippen molar-refractivity contribution in [1.29, 1.82) is 0 Å². The molecule has 0 amide bonds. The average Bonchev–Trinajstić information content (AvgIpc) is 1.82. The topological polar surface area (TPSA) is 15.6 Å². The third-order valence-electron chi connectivity index (χ3n) is 0.973. The second-order valence-corrected chi connectivity index (χ2v) is 2.10. The van der Waals surface area contributed by atoms with E-state index in [4.69, 9.17) is 0 Å². The normalized spacial score (nSPS) is 11.2. The van der Waals surface area contributed by atoms with E-state index in [-0.39, 0.29) is 0 Å². The van der Waals surface area contributed by atoms with Gasteiger partial charge in [-0.25, -0.2) is 0 Å². The maximum Gasteiger partial charge on any atom is 0.0551 e. The highest BCUT2D eigenvalue weighted by Gasteiger charge is 1.86. The van der Waals surface area contributed by atoms with Gasteiger partial charge in [-0.3, -0.25) is 4.99 Å². The maximum absolute atomic E-state index is 3.82. The predicted molar refractivity (Wildman–Crippen MR) is 41.6 cm³/mol. The Hall–Kier alpha value is -0.790. The molecule has 0 aromatic rings. The van der Waals surface area contributed by atoms with Crippen LogP contribution in [0.4, 0.5) is 0 Å². The Balaban J connectivity index is 3.90. The van der Waals surface area contributed by atoms with Crippen molar-refractivity contribution in [2.75, 3.05) is 14.1 Å². The zero-order chi connectivity index (χ0) is 7.28. The smallest absolute Gasteiger partial charge is 0.0551 e. The minimum atomic E-state index is 0.946. The summed E-state index contributed by atoms with van der Waals surface area (Å²) in [5, 5.41) is 0. The standard InChI is InChI=1S/C7H14N2/c1-5-7(8-2)6-9(3)4/h6H,2,5H2,1,3-4H3/b7-6-. The van der Waals surface area contributed by atoms with Crippen molar-refractivity contribution in [2.24, 2.45) is 4.99 Å². The van der Waals surface area contributed by atoms with Crippen molar-refractivity contribution < 1.29 is 0 Å². The first-order chi connectivity index (χ1) is 4.20. The van der Waals surface area contributed by atoms with Crippen molar-refractivity contribution in [1.82, 2.24) is 4.90 Å². The van der Waals surface area contributed by atoms with Crippen molar-refractivity contribution in [3.63, 3.8) is 0 Å². The van der Waals surface area contributed by atoms with Crippen molar-refractivity contribution in [3.05, 3.63) is 11.9 Å². The van der Waals surface area contributed by atoms with Gasteiger partial charge in [-0.2, -0.15) is 0 Å². The second-order valence-electron chi connectivity index (χ2n) is 2.10. The fourth-order valence-corrected chi connectivity index (χ4v) is 0.542. The Kier molecular flexibility index (Phi) is 3.76. The van der Waals surface area contributed by atoms with Crippen LogP contribution in [0.3, 0.4) is 0 Å². The molecule has 9 heavy (non-hydrogen) atoms. The first-order valence-corrected chi connectivity index (χ1v) is 3.04. The van der Waals surface area contributed by atoms with Crippen LogP contribution in [-0.2, 0) is 0 Å². The summed E-state index contributed by atoms with van der Waals surface area (Å²) in [5.41, 5.74) is 1.03. The van der Waals surface area contributed by atoms with E-state index in [1.165, 1.54) is 0 Å². The summed E-state index contributed by atoms with van der Waals surface area (Å²) in [6, 6.07) is 0. The van der Waals surface area contributed by atoms with Crippen LogP contribution in [0.15, 0.2) is 16.9 Å². The average molecular weight is 126 g/mol. The molecule has 0 N–H and O–H groups in total. The van der Waals surface area contributed by atoms with Crippen LogP contribution in [0, 0.1) is 0 Å². The molecular weight excluding hydrogens is 112 g/mol. The van der Waals surface area contributed by atoms with E-state index in [0.29, 0.717) is 0 Å². The van der Waals surface area contributed by atoms with Crippen molar-refractivity contribution in [3.8, 4) is 0 Å². The molecule has 0 saturated carbocycles. The van der Waals surface area contributed by atoms with E-state index in [9.17, 15) is 0 Å². The van der Waals surface area contributed by atoms with E-state index in [2.05, 4.69) is 18.6 Å². The molecular formula is C7H14N2. The molecule has 0 spiro atoms. The molecule has 0 aliphatic carbocycles. The number of hydrogen-bond acceptors (Lipinski definition) is 2. The van der Waals surface area contributed by atoms with Crippen molar-refractivity contribution >= 4 is 6.72 Å². The first kappa shape index (κ1) is 8.21. The monoisotopic (exact) mass is 126 g/mol. The van der Waals surface area contributed by atoms with Gasteiger partial charge in [0.05, 0.1) is 5.70 Å². The van der Waals surface area contributed by atoms with Crippen LogP contribution in [0.25, 0.3) is 0 Å². The van der Waals surface area contributed by atoms with Crippen LogP contribution < -0.4 is 0 Å². The highest BCUT2D eigenvalue weighted by atomic mass is 15.0. The summed E-state index contributed by atoms with van der Waals surface area (Å²) in [7, 11) is 3.95. The fraction of sp³-hybridized carbons (Fsp3) is 0.571. The number of allylic oxidation sites excluding steroid dienone is 1. The Bertz CT molecular complexity index is 114. The Morgan fingerprint density at radius 2 is 2.22 bits per heavy atom. The summed E-state index contributed by atoms with van der Waals surface area (Å²) in [5.74, 6) is 0. The highest BCUT2D eigenvalue weighted by Crippen LogP contribution is 2.00. The number of hydrogen-bond donors (Lipinski definition) is 0. The third kappa shape index (κ3) is 3.76. The molecule has 0 heterocycles. The Morgan fingerprint density at radius 3 is 2.33 bits per heavy atom. The van der Waals surface area contributed by atoms with Crippen LogP contribution >= 0.6 is 0 Å². The number of aliphatic imine (C=N–C) groups is 1. The van der Waals surface area contributed by atoms with E-state index < -0.39 is 0 Å². The van der Waals surface area contributed by atoms with Gasteiger partial charge in [-0.05, 0) is 13.1 Å². The van der Waals surface area contributed by atoms with Crippen LogP contribution in [-0.4, -0.2) is 25.7 Å². The van der Waals surface area contributed by atoms with E-state index in [1.807, 2.05) is 25.2 Å². The van der Waals surface area contributed by atoms with E-state index in [1.54, 1.807) is 0 Å². The lowest BCUT2D eigenvalue weighted by Gasteiger charge is -2.05. The molecule has 0 saturated heterocycles. The van der Waals surface area contributed by atoms with Gasteiger partial charge in [0.2, 0.25) is 0 Å². The lowest BCUT2D eigenvalue weighted by atomic mass is 10.4. The number of rotatable bonds is 3. The molecule has 0 aliphatic rings. The summed E-state index contributed by atoms with van der Waals surface area (Å²) in [6.45, 7) is 5.50. The van der Waals surface area contributed by atoms with Gasteiger partial charge in [0, 0.05) is 20.3 Å². The summed E-state index contributed by atoms with van der Waals surface area (Å²) < 4.78 is 0. The molecule has 0 aromatic carbocycles. The van der Waals surface area contributed by atoms with Crippen LogP contribution in [0.1, 0.15) is 13.3 Å².